The molecule has 10 aromatic carbocycles. The molecule has 0 atom stereocenters. The van der Waals surface area contributed by atoms with E-state index < -0.39 is 0 Å². The summed E-state index contributed by atoms with van der Waals surface area (Å²) in [5.74, 6) is 0. The molecule has 1 heterocycles. The van der Waals surface area contributed by atoms with Crippen molar-refractivity contribution >= 4 is 49.6 Å². The lowest BCUT2D eigenvalue weighted by atomic mass is 9.82. The van der Waals surface area contributed by atoms with Crippen LogP contribution < -0.4 is 4.90 Å². The number of hydrogen-bond donors (Lipinski definition) is 0. The molecule has 2 nitrogen and oxygen atoms in total. The number of aromatic nitrogens is 1. The SMILES string of the molecule is CC1(C)c2ccccc2-c2ccc(N(c3ccc(-c4ccccc4)cc3)c3ccc(-c4ccc5c6c4ccc4cccc(c46)n5-c4ccc(-c5ccccc5)cc4)cc3)cc21. The molecule has 0 spiro atoms. The lowest BCUT2D eigenvalue weighted by molar-refractivity contribution is 0.660. The molecule has 0 fully saturated rings. The highest BCUT2D eigenvalue weighted by atomic mass is 15.1. The number of rotatable bonds is 7. The van der Waals surface area contributed by atoms with E-state index in [4.69, 9.17) is 0 Å². The largest absolute Gasteiger partial charge is 0.310 e. The van der Waals surface area contributed by atoms with Gasteiger partial charge in [-0.25, -0.2) is 0 Å². The van der Waals surface area contributed by atoms with Gasteiger partial charge in [0.15, 0.2) is 0 Å². The van der Waals surface area contributed by atoms with Crippen molar-refractivity contribution < 1.29 is 0 Å². The molecule has 0 saturated carbocycles. The number of benzene rings is 10. The quantitative estimate of drug-likeness (QED) is 0.146. The van der Waals surface area contributed by atoms with Gasteiger partial charge < -0.3 is 9.47 Å². The minimum atomic E-state index is -0.100. The Kier molecular flexibility index (Phi) is 7.92. The van der Waals surface area contributed by atoms with Crippen molar-refractivity contribution in [3.05, 3.63) is 230 Å². The maximum atomic E-state index is 2.43. The van der Waals surface area contributed by atoms with Gasteiger partial charge in [-0.15, -0.1) is 0 Å². The zero-order valence-corrected chi connectivity index (χ0v) is 34.2. The van der Waals surface area contributed by atoms with Gasteiger partial charge in [-0.05, 0) is 127 Å². The smallest absolute Gasteiger partial charge is 0.0547 e. The lowest BCUT2D eigenvalue weighted by Crippen LogP contribution is -2.16. The maximum absolute atomic E-state index is 2.43. The normalized spacial score (nSPS) is 12.9. The monoisotopic (exact) mass is 778 g/mol. The Bertz CT molecular complexity index is 3390. The average Bonchev–Trinajstić information content (AvgIpc) is 3.78. The van der Waals surface area contributed by atoms with Gasteiger partial charge in [0.1, 0.15) is 0 Å². The van der Waals surface area contributed by atoms with Crippen LogP contribution >= 0.6 is 0 Å². The Labute approximate surface area is 356 Å². The first-order chi connectivity index (χ1) is 30.0. The van der Waals surface area contributed by atoms with Crippen LogP contribution in [0, 0.1) is 0 Å². The molecule has 61 heavy (non-hydrogen) atoms. The summed E-state index contributed by atoms with van der Waals surface area (Å²) in [5.41, 5.74) is 19.6. The third-order valence-electron chi connectivity index (χ3n) is 13.2. The Hall–Kier alpha value is -7.68. The predicted molar refractivity (Wildman–Crippen MR) is 258 cm³/mol. The van der Waals surface area contributed by atoms with E-state index in [1.54, 1.807) is 0 Å². The molecule has 0 bridgehead atoms. The van der Waals surface area contributed by atoms with Crippen molar-refractivity contribution in [2.75, 3.05) is 4.90 Å². The van der Waals surface area contributed by atoms with Crippen molar-refractivity contribution in [1.82, 2.24) is 4.57 Å². The first-order valence-electron chi connectivity index (χ1n) is 21.3. The number of hydrogen-bond acceptors (Lipinski definition) is 1. The number of fused-ring (bicyclic) bond motifs is 3. The van der Waals surface area contributed by atoms with Gasteiger partial charge in [0.2, 0.25) is 0 Å². The van der Waals surface area contributed by atoms with Gasteiger partial charge >= 0.3 is 0 Å². The van der Waals surface area contributed by atoms with Gasteiger partial charge in [-0.2, -0.15) is 0 Å². The molecular formula is C59H42N2. The number of anilines is 3. The second kappa shape index (κ2) is 13.7. The molecule has 0 amide bonds. The molecule has 1 aromatic heterocycles. The molecule has 2 heteroatoms. The highest BCUT2D eigenvalue weighted by Gasteiger charge is 2.35. The van der Waals surface area contributed by atoms with Gasteiger partial charge in [-0.3, -0.25) is 0 Å². The third-order valence-corrected chi connectivity index (χ3v) is 13.2. The maximum Gasteiger partial charge on any atom is 0.0547 e. The van der Waals surface area contributed by atoms with Crippen LogP contribution in [0.3, 0.4) is 0 Å². The van der Waals surface area contributed by atoms with E-state index in [1.807, 2.05) is 0 Å². The second-order valence-corrected chi connectivity index (χ2v) is 16.9. The Balaban J connectivity index is 0.962. The van der Waals surface area contributed by atoms with E-state index in [-0.39, 0.29) is 5.41 Å². The van der Waals surface area contributed by atoms with Gasteiger partial charge in [0, 0.05) is 38.9 Å². The number of nitrogens with zero attached hydrogens (tertiary/aromatic N) is 2. The molecule has 0 N–H and O–H groups in total. The first kappa shape index (κ1) is 35.3. The summed E-state index contributed by atoms with van der Waals surface area (Å²) < 4.78 is 2.43. The van der Waals surface area contributed by atoms with Crippen LogP contribution in [0.25, 0.3) is 82.8 Å². The zero-order chi connectivity index (χ0) is 40.7. The molecule has 1 aliphatic rings. The Morgan fingerprint density at radius 3 is 1.59 bits per heavy atom. The fraction of sp³-hybridized carbons (Fsp3) is 0.0508. The summed E-state index contributed by atoms with van der Waals surface area (Å²) in [7, 11) is 0. The zero-order valence-electron chi connectivity index (χ0n) is 34.2. The van der Waals surface area contributed by atoms with Gasteiger partial charge in [0.25, 0.3) is 0 Å². The molecule has 12 rings (SSSR count). The average molecular weight is 779 g/mol. The van der Waals surface area contributed by atoms with E-state index in [0.29, 0.717) is 0 Å². The minimum absolute atomic E-state index is 0.100. The fourth-order valence-electron chi connectivity index (χ4n) is 10.2. The predicted octanol–water partition coefficient (Wildman–Crippen LogP) is 16.2. The molecule has 1 aliphatic carbocycles. The molecule has 0 saturated heterocycles. The molecule has 288 valence electrons. The van der Waals surface area contributed by atoms with Crippen LogP contribution in [0.4, 0.5) is 17.1 Å². The van der Waals surface area contributed by atoms with Crippen molar-refractivity contribution in [1.29, 1.82) is 0 Å². The third kappa shape index (κ3) is 5.56. The summed E-state index contributed by atoms with van der Waals surface area (Å²) in [6.45, 7) is 4.71. The second-order valence-electron chi connectivity index (χ2n) is 16.9. The Morgan fingerprint density at radius 1 is 0.361 bits per heavy atom. The van der Waals surface area contributed by atoms with E-state index in [1.165, 1.54) is 88.2 Å². The molecular weight excluding hydrogens is 737 g/mol. The minimum Gasteiger partial charge on any atom is -0.310 e. The van der Waals surface area contributed by atoms with E-state index in [2.05, 4.69) is 242 Å². The van der Waals surface area contributed by atoms with E-state index >= 15 is 0 Å². The van der Waals surface area contributed by atoms with Crippen LogP contribution in [-0.2, 0) is 5.41 Å². The van der Waals surface area contributed by atoms with Gasteiger partial charge in [0.05, 0.1) is 11.0 Å². The summed E-state index contributed by atoms with van der Waals surface area (Å²) in [6.07, 6.45) is 0. The van der Waals surface area contributed by atoms with Crippen molar-refractivity contribution in [3.8, 4) is 50.2 Å². The van der Waals surface area contributed by atoms with Crippen LogP contribution in [0.1, 0.15) is 25.0 Å². The molecule has 0 unspecified atom stereocenters. The van der Waals surface area contributed by atoms with Crippen molar-refractivity contribution in [2.45, 2.75) is 19.3 Å². The molecule has 0 aliphatic heterocycles. The summed E-state index contributed by atoms with van der Waals surface area (Å²) in [4.78, 5) is 2.41. The Morgan fingerprint density at radius 2 is 0.902 bits per heavy atom. The summed E-state index contributed by atoms with van der Waals surface area (Å²) >= 11 is 0. The van der Waals surface area contributed by atoms with E-state index in [0.717, 1.165) is 22.7 Å². The van der Waals surface area contributed by atoms with Crippen molar-refractivity contribution in [3.63, 3.8) is 0 Å². The van der Waals surface area contributed by atoms with E-state index in [9.17, 15) is 0 Å². The summed E-state index contributed by atoms with van der Waals surface area (Å²) in [5, 5.41) is 5.15. The summed E-state index contributed by atoms with van der Waals surface area (Å²) in [6, 6.07) is 80.3. The standard InChI is InChI=1S/C59H42N2/c1-59(2)53-18-10-9-17-50(53)51-35-33-48(38-54(51)59)60(45-27-20-41(21-28-45)39-12-5-3-6-13-39)46-31-24-43(25-32-46)49-36-37-56-58-52(49)34-26-44-16-11-19-55(57(44)58)61(56)47-29-22-42(23-30-47)40-14-7-4-8-15-40/h3-38H,1-2H3. The highest BCUT2D eigenvalue weighted by Crippen LogP contribution is 2.51. The molecule has 0 radical (unpaired) electrons. The van der Waals surface area contributed by atoms with Crippen LogP contribution in [0.2, 0.25) is 0 Å². The van der Waals surface area contributed by atoms with Crippen LogP contribution in [-0.4, -0.2) is 4.57 Å². The topological polar surface area (TPSA) is 8.17 Å². The van der Waals surface area contributed by atoms with Crippen LogP contribution in [0.15, 0.2) is 218 Å². The molecule has 11 aromatic rings. The van der Waals surface area contributed by atoms with Crippen LogP contribution in [0.5, 0.6) is 0 Å². The van der Waals surface area contributed by atoms with Crippen molar-refractivity contribution in [2.24, 2.45) is 0 Å². The van der Waals surface area contributed by atoms with Gasteiger partial charge in [-0.1, -0.05) is 172 Å². The fourth-order valence-corrected chi connectivity index (χ4v) is 10.2. The highest BCUT2D eigenvalue weighted by molar-refractivity contribution is 6.26. The first-order valence-corrected chi connectivity index (χ1v) is 21.3. The lowest BCUT2D eigenvalue weighted by Gasteiger charge is -2.28.